The number of hydrogen-bond acceptors (Lipinski definition) is 5. The van der Waals surface area contributed by atoms with Gasteiger partial charge < -0.3 is 4.42 Å². The van der Waals surface area contributed by atoms with Crippen LogP contribution < -0.4 is 0 Å². The molecule has 4 aliphatic carbocycles. The first kappa shape index (κ1) is 32.1. The fraction of sp³-hybridized carbons (Fsp3) is 0.200. The Balaban J connectivity index is 0.970. The summed E-state index contributed by atoms with van der Waals surface area (Å²) >= 11 is 0. The summed E-state index contributed by atoms with van der Waals surface area (Å²) in [4.78, 5) is 15.3. The van der Waals surface area contributed by atoms with Gasteiger partial charge in [0.15, 0.2) is 17.5 Å². The van der Waals surface area contributed by atoms with E-state index in [0.717, 1.165) is 73.1 Å². The standard InChI is InChI=1S/C50H38N4O/c51-30-31-13-22-45-44(26-31)42-12-6-11-41(46(42)55-45)36-14-16-38(17-15-36)48-52-47(37-7-2-1-3-8-37)53-49(54-48)43-10-5-4-9-40(43)35-18-20-39(21-19-35)50-27-32-23-33(28-50)25-34(24-32)29-50/h1-22,26,32-34H,23-25,27-29H2/t32-,33-,34-,50?. The quantitative estimate of drug-likeness (QED) is 0.172. The van der Waals surface area contributed by atoms with Gasteiger partial charge in [-0.3, -0.25) is 0 Å². The first-order valence-corrected chi connectivity index (χ1v) is 19.6. The number of rotatable bonds is 6. The van der Waals surface area contributed by atoms with Gasteiger partial charge in [0, 0.05) is 33.0 Å². The second kappa shape index (κ2) is 12.6. The van der Waals surface area contributed by atoms with Crippen molar-refractivity contribution in [3.63, 3.8) is 0 Å². The molecule has 4 bridgehead atoms. The molecule has 5 heteroatoms. The maximum atomic E-state index is 9.48. The Morgan fingerprint density at radius 1 is 0.509 bits per heavy atom. The largest absolute Gasteiger partial charge is 0.455 e. The first-order valence-electron chi connectivity index (χ1n) is 19.6. The number of para-hydroxylation sites is 1. The molecule has 2 heterocycles. The number of aromatic nitrogens is 3. The van der Waals surface area contributed by atoms with Crippen LogP contribution in [0.5, 0.6) is 0 Å². The molecular weight excluding hydrogens is 673 g/mol. The Morgan fingerprint density at radius 3 is 1.76 bits per heavy atom. The summed E-state index contributed by atoms with van der Waals surface area (Å²) < 4.78 is 6.35. The molecule has 5 nitrogen and oxygen atoms in total. The van der Waals surface area contributed by atoms with E-state index in [0.29, 0.717) is 28.5 Å². The molecule has 0 amide bonds. The van der Waals surface area contributed by atoms with E-state index in [-0.39, 0.29) is 0 Å². The monoisotopic (exact) mass is 710 g/mol. The number of fused-ring (bicyclic) bond motifs is 3. The summed E-state index contributed by atoms with van der Waals surface area (Å²) in [5.74, 6) is 4.67. The molecule has 264 valence electrons. The highest BCUT2D eigenvalue weighted by Gasteiger charge is 2.51. The average Bonchev–Trinajstić information content (AvgIpc) is 3.62. The molecule has 4 aliphatic rings. The molecule has 8 aromatic rings. The van der Waals surface area contributed by atoms with Gasteiger partial charge in [0.2, 0.25) is 0 Å². The van der Waals surface area contributed by atoms with Gasteiger partial charge in [-0.1, -0.05) is 121 Å². The van der Waals surface area contributed by atoms with Crippen molar-refractivity contribution in [1.29, 1.82) is 5.26 Å². The van der Waals surface area contributed by atoms with E-state index in [1.54, 1.807) is 6.07 Å². The van der Waals surface area contributed by atoms with E-state index < -0.39 is 0 Å². The van der Waals surface area contributed by atoms with Crippen LogP contribution in [0, 0.1) is 29.1 Å². The first-order chi connectivity index (χ1) is 27.1. The van der Waals surface area contributed by atoms with Crippen molar-refractivity contribution in [2.75, 3.05) is 0 Å². The lowest BCUT2D eigenvalue weighted by Gasteiger charge is -2.57. The Hall–Kier alpha value is -6.38. The second-order valence-corrected chi connectivity index (χ2v) is 16.2. The van der Waals surface area contributed by atoms with E-state index in [4.69, 9.17) is 19.4 Å². The zero-order valence-corrected chi connectivity index (χ0v) is 30.5. The molecule has 4 fully saturated rings. The molecule has 0 unspecified atom stereocenters. The SMILES string of the molecule is N#Cc1ccc2oc3c(-c4ccc(-c5nc(-c6ccccc6)nc(-c6ccccc6-c6ccc(C78C[C@H]9C[C@H](C7)C[C@@H](C8)C9)cc6)n5)cc4)cccc3c2c1. The molecule has 0 radical (unpaired) electrons. The van der Waals surface area contributed by atoms with Crippen molar-refractivity contribution < 1.29 is 4.42 Å². The van der Waals surface area contributed by atoms with Gasteiger partial charge in [0.1, 0.15) is 11.2 Å². The van der Waals surface area contributed by atoms with Crippen LogP contribution in [0.2, 0.25) is 0 Å². The van der Waals surface area contributed by atoms with Crippen LogP contribution in [0.25, 0.3) is 78.4 Å². The second-order valence-electron chi connectivity index (χ2n) is 16.2. The molecule has 0 N–H and O–H groups in total. The molecule has 6 aromatic carbocycles. The average molecular weight is 711 g/mol. The molecule has 0 saturated heterocycles. The lowest BCUT2D eigenvalue weighted by Crippen LogP contribution is -2.48. The van der Waals surface area contributed by atoms with Gasteiger partial charge in [0.05, 0.1) is 11.6 Å². The molecule has 0 spiro atoms. The van der Waals surface area contributed by atoms with Crippen molar-refractivity contribution in [1.82, 2.24) is 15.0 Å². The predicted molar refractivity (Wildman–Crippen MR) is 219 cm³/mol. The Morgan fingerprint density at radius 2 is 1.07 bits per heavy atom. The highest BCUT2D eigenvalue weighted by molar-refractivity contribution is 6.09. The number of furan rings is 1. The van der Waals surface area contributed by atoms with Crippen LogP contribution in [0.4, 0.5) is 0 Å². The van der Waals surface area contributed by atoms with Crippen molar-refractivity contribution in [3.8, 4) is 62.5 Å². The number of nitrogens with zero attached hydrogens (tertiary/aromatic N) is 4. The third-order valence-corrected chi connectivity index (χ3v) is 12.8. The van der Waals surface area contributed by atoms with E-state index >= 15 is 0 Å². The van der Waals surface area contributed by atoms with E-state index in [1.807, 2.05) is 42.5 Å². The molecule has 55 heavy (non-hydrogen) atoms. The Kier molecular flexibility index (Phi) is 7.35. The summed E-state index contributed by atoms with van der Waals surface area (Å²) in [6, 6.07) is 50.5. The van der Waals surface area contributed by atoms with Crippen molar-refractivity contribution in [2.24, 2.45) is 17.8 Å². The molecule has 0 atom stereocenters. The van der Waals surface area contributed by atoms with Crippen LogP contribution in [0.3, 0.4) is 0 Å². The summed E-state index contributed by atoms with van der Waals surface area (Å²) in [6.45, 7) is 0. The van der Waals surface area contributed by atoms with Crippen molar-refractivity contribution >= 4 is 21.9 Å². The fourth-order valence-electron chi connectivity index (χ4n) is 10.6. The highest BCUT2D eigenvalue weighted by Crippen LogP contribution is 2.60. The fourth-order valence-corrected chi connectivity index (χ4v) is 10.6. The maximum Gasteiger partial charge on any atom is 0.164 e. The van der Waals surface area contributed by atoms with Gasteiger partial charge >= 0.3 is 0 Å². The molecule has 4 saturated carbocycles. The minimum absolute atomic E-state index is 0.372. The summed E-state index contributed by atoms with van der Waals surface area (Å²) in [7, 11) is 0. The molecular formula is C50H38N4O. The van der Waals surface area contributed by atoms with Crippen LogP contribution in [0.15, 0.2) is 144 Å². The zero-order chi connectivity index (χ0) is 36.5. The van der Waals surface area contributed by atoms with Crippen LogP contribution >= 0.6 is 0 Å². The Bertz CT molecular complexity index is 2760. The lowest BCUT2D eigenvalue weighted by atomic mass is 9.48. The van der Waals surface area contributed by atoms with E-state index in [1.165, 1.54) is 49.7 Å². The third kappa shape index (κ3) is 5.47. The Labute approximate surface area is 320 Å². The van der Waals surface area contributed by atoms with Crippen molar-refractivity contribution in [2.45, 2.75) is 43.9 Å². The summed E-state index contributed by atoms with van der Waals surface area (Å²) in [5, 5.41) is 11.4. The minimum atomic E-state index is 0.372. The lowest BCUT2D eigenvalue weighted by molar-refractivity contribution is -0.00518. The molecule has 0 aliphatic heterocycles. The van der Waals surface area contributed by atoms with Crippen LogP contribution in [-0.4, -0.2) is 15.0 Å². The topological polar surface area (TPSA) is 75.6 Å². The summed E-state index contributed by atoms with van der Waals surface area (Å²) in [6.07, 6.45) is 8.47. The van der Waals surface area contributed by atoms with Gasteiger partial charge in [-0.15, -0.1) is 0 Å². The third-order valence-electron chi connectivity index (χ3n) is 12.8. The normalized spacial score (nSPS) is 21.3. The van der Waals surface area contributed by atoms with E-state index in [2.05, 4.69) is 97.1 Å². The van der Waals surface area contributed by atoms with Gasteiger partial charge in [0.25, 0.3) is 0 Å². The minimum Gasteiger partial charge on any atom is -0.455 e. The zero-order valence-electron chi connectivity index (χ0n) is 30.5. The number of nitriles is 1. The smallest absolute Gasteiger partial charge is 0.164 e. The summed E-state index contributed by atoms with van der Waals surface area (Å²) in [5.41, 5.74) is 11.2. The van der Waals surface area contributed by atoms with Crippen LogP contribution in [0.1, 0.15) is 49.7 Å². The predicted octanol–water partition coefficient (Wildman–Crippen LogP) is 12.4. The maximum absolute atomic E-state index is 9.48. The number of benzene rings is 6. The van der Waals surface area contributed by atoms with Gasteiger partial charge in [-0.2, -0.15) is 5.26 Å². The number of hydrogen-bond donors (Lipinski definition) is 0. The molecule has 2 aromatic heterocycles. The van der Waals surface area contributed by atoms with E-state index in [9.17, 15) is 5.26 Å². The van der Waals surface area contributed by atoms with Crippen molar-refractivity contribution in [3.05, 3.63) is 151 Å². The highest BCUT2D eigenvalue weighted by atomic mass is 16.3. The van der Waals surface area contributed by atoms with Gasteiger partial charge in [-0.05, 0) is 102 Å². The van der Waals surface area contributed by atoms with Gasteiger partial charge in [-0.25, -0.2) is 15.0 Å². The van der Waals surface area contributed by atoms with Crippen LogP contribution in [-0.2, 0) is 5.41 Å². The molecule has 12 rings (SSSR count).